The molecule has 0 aliphatic carbocycles. The summed E-state index contributed by atoms with van der Waals surface area (Å²) >= 11 is 7.46. The summed E-state index contributed by atoms with van der Waals surface area (Å²) in [5.41, 5.74) is 0.903. The molecule has 112 valence electrons. The second-order valence-electron chi connectivity index (χ2n) is 4.73. The number of ether oxygens (including phenoxy) is 1. The number of hydrogen-bond donors (Lipinski definition) is 1. The molecule has 1 N–H and O–H groups in total. The van der Waals surface area contributed by atoms with Gasteiger partial charge in [0.2, 0.25) is 0 Å². The fourth-order valence-electron chi connectivity index (χ4n) is 1.79. The highest BCUT2D eigenvalue weighted by molar-refractivity contribution is 7.11. The third-order valence-corrected chi connectivity index (χ3v) is 4.06. The van der Waals surface area contributed by atoms with Crippen molar-refractivity contribution < 1.29 is 9.53 Å². The predicted molar refractivity (Wildman–Crippen MR) is 85.0 cm³/mol. The Kier molecular flexibility index (Phi) is 5.20. The van der Waals surface area contributed by atoms with Crippen molar-refractivity contribution in [1.82, 2.24) is 10.3 Å². The van der Waals surface area contributed by atoms with E-state index in [0.717, 1.165) is 15.4 Å². The molecule has 1 unspecified atom stereocenters. The molecule has 2 rings (SSSR count). The highest BCUT2D eigenvalue weighted by Gasteiger charge is 2.15. The minimum absolute atomic E-state index is 0.157. The number of amides is 1. The van der Waals surface area contributed by atoms with Crippen LogP contribution >= 0.6 is 22.9 Å². The summed E-state index contributed by atoms with van der Waals surface area (Å²) in [6.07, 6.45) is 1.20. The summed E-state index contributed by atoms with van der Waals surface area (Å²) in [6, 6.07) is 5.32. The summed E-state index contributed by atoms with van der Waals surface area (Å²) < 4.78 is 5.67. The molecular formula is C15H17ClN2O2S. The van der Waals surface area contributed by atoms with Gasteiger partial charge in [-0.25, -0.2) is 4.98 Å². The second kappa shape index (κ2) is 6.91. The smallest absolute Gasteiger partial charge is 0.261 e. The quantitative estimate of drug-likeness (QED) is 0.915. The van der Waals surface area contributed by atoms with E-state index >= 15 is 0 Å². The van der Waals surface area contributed by atoms with Gasteiger partial charge < -0.3 is 10.1 Å². The topological polar surface area (TPSA) is 51.2 Å². The van der Waals surface area contributed by atoms with Crippen molar-refractivity contribution >= 4 is 28.8 Å². The average molecular weight is 325 g/mol. The van der Waals surface area contributed by atoms with Crippen LogP contribution in [0.4, 0.5) is 0 Å². The van der Waals surface area contributed by atoms with Crippen molar-refractivity contribution in [1.29, 1.82) is 0 Å². The molecule has 2 aromatic rings. The van der Waals surface area contributed by atoms with Crippen LogP contribution in [0.3, 0.4) is 0 Å². The number of rotatable bonds is 5. The van der Waals surface area contributed by atoms with Crippen LogP contribution in [-0.2, 0) is 11.3 Å². The minimum Gasteiger partial charge on any atom is -0.481 e. The van der Waals surface area contributed by atoms with Crippen molar-refractivity contribution in [2.24, 2.45) is 0 Å². The number of hydrogen-bond acceptors (Lipinski definition) is 4. The van der Waals surface area contributed by atoms with Crippen molar-refractivity contribution in [2.45, 2.75) is 33.4 Å². The van der Waals surface area contributed by atoms with Gasteiger partial charge in [-0.2, -0.15) is 0 Å². The first-order valence-corrected chi connectivity index (χ1v) is 7.77. The van der Waals surface area contributed by atoms with Crippen LogP contribution in [0.1, 0.15) is 22.4 Å². The molecule has 0 bridgehead atoms. The van der Waals surface area contributed by atoms with Gasteiger partial charge in [0, 0.05) is 16.1 Å². The molecule has 1 amide bonds. The molecule has 0 saturated heterocycles. The van der Waals surface area contributed by atoms with Gasteiger partial charge in [0.15, 0.2) is 6.10 Å². The molecule has 4 nitrogen and oxygen atoms in total. The number of nitrogens with one attached hydrogen (secondary N) is 1. The number of thiazole rings is 1. The van der Waals surface area contributed by atoms with Gasteiger partial charge in [0.25, 0.3) is 5.91 Å². The lowest BCUT2D eigenvalue weighted by Gasteiger charge is -2.16. The molecule has 1 heterocycles. The molecule has 1 aromatic carbocycles. The molecule has 0 saturated carbocycles. The van der Waals surface area contributed by atoms with Crippen LogP contribution in [0.25, 0.3) is 0 Å². The van der Waals surface area contributed by atoms with E-state index < -0.39 is 6.10 Å². The van der Waals surface area contributed by atoms with E-state index in [4.69, 9.17) is 16.3 Å². The number of nitrogens with zero attached hydrogens (tertiary/aromatic N) is 1. The normalized spacial score (nSPS) is 12.0. The molecule has 0 radical (unpaired) electrons. The third-order valence-electron chi connectivity index (χ3n) is 2.92. The predicted octanol–water partition coefficient (Wildman–Crippen LogP) is 3.50. The lowest BCUT2D eigenvalue weighted by atomic mass is 10.2. The van der Waals surface area contributed by atoms with Crippen molar-refractivity contribution in [3.63, 3.8) is 0 Å². The number of aromatic nitrogens is 1. The van der Waals surface area contributed by atoms with Crippen LogP contribution in [0.15, 0.2) is 24.4 Å². The molecule has 1 atom stereocenters. The lowest BCUT2D eigenvalue weighted by Crippen LogP contribution is -2.35. The van der Waals surface area contributed by atoms with E-state index in [0.29, 0.717) is 17.3 Å². The Bertz CT molecular complexity index is 642. The second-order valence-corrected chi connectivity index (χ2v) is 6.49. The van der Waals surface area contributed by atoms with Crippen molar-refractivity contribution in [3.8, 4) is 5.75 Å². The molecule has 6 heteroatoms. The maximum Gasteiger partial charge on any atom is 0.261 e. The summed E-state index contributed by atoms with van der Waals surface area (Å²) in [7, 11) is 0. The number of carbonyl (C=O) groups is 1. The molecule has 0 fully saturated rings. The van der Waals surface area contributed by atoms with E-state index in [1.54, 1.807) is 36.6 Å². The monoisotopic (exact) mass is 324 g/mol. The van der Waals surface area contributed by atoms with E-state index in [9.17, 15) is 4.79 Å². The fraction of sp³-hybridized carbons (Fsp3) is 0.333. The fourth-order valence-corrected chi connectivity index (χ4v) is 2.76. The molecule has 0 aliphatic heterocycles. The Hall–Kier alpha value is -1.59. The lowest BCUT2D eigenvalue weighted by molar-refractivity contribution is -0.127. The van der Waals surface area contributed by atoms with Gasteiger partial charge >= 0.3 is 0 Å². The van der Waals surface area contributed by atoms with E-state index in [-0.39, 0.29) is 5.91 Å². The zero-order valence-corrected chi connectivity index (χ0v) is 13.7. The maximum absolute atomic E-state index is 12.0. The third kappa shape index (κ3) is 4.44. The highest BCUT2D eigenvalue weighted by atomic mass is 35.5. The first-order chi connectivity index (χ1) is 9.95. The van der Waals surface area contributed by atoms with Gasteiger partial charge in [0.05, 0.1) is 11.6 Å². The first kappa shape index (κ1) is 15.8. The van der Waals surface area contributed by atoms with Gasteiger partial charge in [-0.15, -0.1) is 11.3 Å². The Balaban J connectivity index is 1.90. The van der Waals surface area contributed by atoms with E-state index in [1.807, 2.05) is 19.9 Å². The molecule has 0 spiro atoms. The van der Waals surface area contributed by atoms with Crippen molar-refractivity contribution in [2.75, 3.05) is 0 Å². The van der Waals surface area contributed by atoms with Crippen LogP contribution in [0, 0.1) is 13.8 Å². The first-order valence-electron chi connectivity index (χ1n) is 6.57. The minimum atomic E-state index is -0.570. The summed E-state index contributed by atoms with van der Waals surface area (Å²) in [6.45, 7) is 6.02. The van der Waals surface area contributed by atoms with Crippen LogP contribution in [0.2, 0.25) is 5.02 Å². The van der Waals surface area contributed by atoms with Gasteiger partial charge in [-0.05, 0) is 44.5 Å². The zero-order chi connectivity index (χ0) is 15.4. The SMILES string of the molecule is Cc1ncc(CNC(=O)C(C)Oc2ccc(Cl)cc2C)s1. The van der Waals surface area contributed by atoms with Gasteiger partial charge in [-0.1, -0.05) is 11.6 Å². The Morgan fingerprint density at radius 1 is 1.48 bits per heavy atom. The largest absolute Gasteiger partial charge is 0.481 e. The van der Waals surface area contributed by atoms with Gasteiger partial charge in [-0.3, -0.25) is 4.79 Å². The molecule has 1 aromatic heterocycles. The molecular weight excluding hydrogens is 308 g/mol. The Morgan fingerprint density at radius 2 is 2.24 bits per heavy atom. The number of benzene rings is 1. The standard InChI is InChI=1S/C15H17ClN2O2S/c1-9-6-12(16)4-5-14(9)20-10(2)15(19)18-8-13-7-17-11(3)21-13/h4-7,10H,8H2,1-3H3,(H,18,19). The number of carbonyl (C=O) groups excluding carboxylic acids is 1. The average Bonchev–Trinajstić information content (AvgIpc) is 2.85. The number of aryl methyl sites for hydroxylation is 2. The molecule has 21 heavy (non-hydrogen) atoms. The Morgan fingerprint density at radius 3 is 2.86 bits per heavy atom. The van der Waals surface area contributed by atoms with E-state index in [1.165, 1.54) is 0 Å². The zero-order valence-electron chi connectivity index (χ0n) is 12.1. The van der Waals surface area contributed by atoms with E-state index in [2.05, 4.69) is 10.3 Å². The van der Waals surface area contributed by atoms with Crippen LogP contribution < -0.4 is 10.1 Å². The van der Waals surface area contributed by atoms with Crippen LogP contribution in [-0.4, -0.2) is 17.0 Å². The van der Waals surface area contributed by atoms with Crippen LogP contribution in [0.5, 0.6) is 5.75 Å². The summed E-state index contributed by atoms with van der Waals surface area (Å²) in [5, 5.41) is 4.48. The summed E-state index contributed by atoms with van der Waals surface area (Å²) in [4.78, 5) is 17.2. The Labute approximate surface area is 133 Å². The maximum atomic E-state index is 12.0. The van der Waals surface area contributed by atoms with Crippen molar-refractivity contribution in [3.05, 3.63) is 44.9 Å². The van der Waals surface area contributed by atoms with Gasteiger partial charge in [0.1, 0.15) is 5.75 Å². The summed E-state index contributed by atoms with van der Waals surface area (Å²) in [5.74, 6) is 0.506. The number of halogens is 1. The highest BCUT2D eigenvalue weighted by Crippen LogP contribution is 2.22. The molecule has 0 aliphatic rings.